The van der Waals surface area contributed by atoms with E-state index in [0.29, 0.717) is 12.1 Å². The summed E-state index contributed by atoms with van der Waals surface area (Å²) in [5.41, 5.74) is 0.564. The number of halogens is 2. The van der Waals surface area contributed by atoms with Crippen molar-refractivity contribution in [1.29, 1.82) is 0 Å². The number of nitrogens with zero attached hydrogens (tertiary/aromatic N) is 3. The topological polar surface area (TPSA) is 72.3 Å². The molecule has 9 heteroatoms. The minimum atomic E-state index is -3.30. The zero-order chi connectivity index (χ0) is 18.9. The molecule has 2 heterocycles. The second kappa shape index (κ2) is 7.14. The maximum Gasteiger partial charge on any atom is 0.227 e. The zero-order valence-corrected chi connectivity index (χ0v) is 15.0. The largest absolute Gasteiger partial charge is 0.333 e. The molecule has 3 rings (SSSR count). The third-order valence-corrected chi connectivity index (χ3v) is 6.09. The zero-order valence-electron chi connectivity index (χ0n) is 14.2. The summed E-state index contributed by atoms with van der Waals surface area (Å²) in [6.07, 6.45) is 2.91. The molecule has 1 aromatic heterocycles. The number of rotatable bonds is 4. The van der Waals surface area contributed by atoms with E-state index in [1.807, 2.05) is 6.92 Å². The highest BCUT2D eigenvalue weighted by molar-refractivity contribution is 7.91. The second-order valence-corrected chi connectivity index (χ2v) is 8.49. The maximum absolute atomic E-state index is 13.8. The molecule has 0 N–H and O–H groups in total. The van der Waals surface area contributed by atoms with Crippen LogP contribution in [0.3, 0.4) is 0 Å². The molecule has 0 saturated carbocycles. The van der Waals surface area contributed by atoms with Crippen LogP contribution in [0.15, 0.2) is 30.6 Å². The molecule has 6 nitrogen and oxygen atoms in total. The number of aromatic nitrogens is 2. The van der Waals surface area contributed by atoms with Crippen LogP contribution in [0, 0.1) is 11.6 Å². The Bertz CT molecular complexity index is 927. The first-order valence-corrected chi connectivity index (χ1v) is 10.1. The third kappa shape index (κ3) is 3.92. The van der Waals surface area contributed by atoms with E-state index in [1.54, 1.807) is 10.9 Å². The summed E-state index contributed by atoms with van der Waals surface area (Å²) in [6.45, 7) is 2.52. The van der Waals surface area contributed by atoms with Gasteiger partial charge in [-0.1, -0.05) is 0 Å². The van der Waals surface area contributed by atoms with E-state index < -0.39 is 33.4 Å². The summed E-state index contributed by atoms with van der Waals surface area (Å²) in [7, 11) is -3.30. The van der Waals surface area contributed by atoms with E-state index in [9.17, 15) is 22.0 Å². The standard InChI is InChI=1S/C17H19F2N3O3S/c1-2-21-10-13(9-20-21)16-11-26(24,25)6-5-22(16)17(23)8-12-7-14(18)3-4-15(12)19/h3-4,7,9-10,16H,2,5-6,8,11H2,1H3/t16-/m1/s1. The molecule has 0 bridgehead atoms. The Morgan fingerprint density at radius 3 is 2.81 bits per heavy atom. The van der Waals surface area contributed by atoms with Gasteiger partial charge in [0.2, 0.25) is 5.91 Å². The van der Waals surface area contributed by atoms with Crippen LogP contribution in [0.25, 0.3) is 0 Å². The quantitative estimate of drug-likeness (QED) is 0.806. The van der Waals surface area contributed by atoms with Crippen LogP contribution in [0.1, 0.15) is 24.1 Å². The number of benzene rings is 1. The first kappa shape index (κ1) is 18.5. The number of carbonyl (C=O) groups excluding carboxylic acids is 1. The molecular weight excluding hydrogens is 364 g/mol. The summed E-state index contributed by atoms with van der Waals surface area (Å²) >= 11 is 0. The fourth-order valence-corrected chi connectivity index (χ4v) is 4.54. The molecule has 0 radical (unpaired) electrons. The number of hydrogen-bond donors (Lipinski definition) is 0. The van der Waals surface area contributed by atoms with Crippen LogP contribution >= 0.6 is 0 Å². The molecule has 1 aromatic carbocycles. The summed E-state index contributed by atoms with van der Waals surface area (Å²) in [5.74, 6) is -2.10. The van der Waals surface area contributed by atoms with E-state index >= 15 is 0 Å². The van der Waals surface area contributed by atoms with E-state index in [-0.39, 0.29) is 30.0 Å². The molecule has 140 valence electrons. The van der Waals surface area contributed by atoms with Crippen LogP contribution in [0.4, 0.5) is 8.78 Å². The molecule has 2 aromatic rings. The van der Waals surface area contributed by atoms with E-state index in [1.165, 1.54) is 11.1 Å². The molecule has 26 heavy (non-hydrogen) atoms. The van der Waals surface area contributed by atoms with Gasteiger partial charge in [0.05, 0.1) is 30.2 Å². The summed E-state index contributed by atoms with van der Waals surface area (Å²) in [4.78, 5) is 14.1. The predicted molar refractivity (Wildman–Crippen MR) is 91.1 cm³/mol. The van der Waals surface area contributed by atoms with E-state index in [2.05, 4.69) is 5.10 Å². The minimum Gasteiger partial charge on any atom is -0.333 e. The number of aryl methyl sites for hydroxylation is 1. The Hall–Kier alpha value is -2.29. The van der Waals surface area contributed by atoms with Crippen molar-refractivity contribution in [1.82, 2.24) is 14.7 Å². The maximum atomic E-state index is 13.8. The van der Waals surface area contributed by atoms with Crippen LogP contribution in [0.5, 0.6) is 0 Å². The van der Waals surface area contributed by atoms with Gasteiger partial charge >= 0.3 is 0 Å². The normalized spacial score (nSPS) is 19.5. The lowest BCUT2D eigenvalue weighted by atomic mass is 10.1. The van der Waals surface area contributed by atoms with Crippen LogP contribution < -0.4 is 0 Å². The van der Waals surface area contributed by atoms with E-state index in [0.717, 1.165) is 18.2 Å². The van der Waals surface area contributed by atoms with Gasteiger partial charge in [-0.2, -0.15) is 5.10 Å². The predicted octanol–water partition coefficient (Wildman–Crippen LogP) is 1.72. The van der Waals surface area contributed by atoms with Gasteiger partial charge < -0.3 is 4.90 Å². The summed E-state index contributed by atoms with van der Waals surface area (Å²) in [5, 5.41) is 4.14. The Morgan fingerprint density at radius 2 is 2.12 bits per heavy atom. The van der Waals surface area contributed by atoms with Gasteiger partial charge in [-0.25, -0.2) is 17.2 Å². The first-order chi connectivity index (χ1) is 12.3. The molecule has 1 aliphatic heterocycles. The average molecular weight is 383 g/mol. The van der Waals surface area contributed by atoms with Gasteiger partial charge in [0.25, 0.3) is 0 Å². The van der Waals surface area contributed by atoms with Crippen LogP contribution in [-0.4, -0.2) is 47.1 Å². The van der Waals surface area contributed by atoms with Gasteiger partial charge in [0.15, 0.2) is 9.84 Å². The molecular formula is C17H19F2N3O3S. The lowest BCUT2D eigenvalue weighted by Crippen LogP contribution is -2.46. The number of hydrogen-bond acceptors (Lipinski definition) is 4. The van der Waals surface area contributed by atoms with Crippen LogP contribution in [-0.2, 0) is 27.6 Å². The lowest BCUT2D eigenvalue weighted by molar-refractivity contribution is -0.132. The van der Waals surface area contributed by atoms with Gasteiger partial charge in [0, 0.05) is 30.4 Å². The van der Waals surface area contributed by atoms with Crippen molar-refractivity contribution in [3.8, 4) is 0 Å². The summed E-state index contributed by atoms with van der Waals surface area (Å²) in [6, 6.07) is 2.26. The molecule has 1 atom stereocenters. The Labute approximate surface area is 150 Å². The van der Waals surface area contributed by atoms with Crippen molar-refractivity contribution in [2.24, 2.45) is 0 Å². The number of sulfone groups is 1. The smallest absolute Gasteiger partial charge is 0.227 e. The Kier molecular flexibility index (Phi) is 5.08. The molecule has 0 unspecified atom stereocenters. The monoisotopic (exact) mass is 383 g/mol. The molecule has 1 fully saturated rings. The first-order valence-electron chi connectivity index (χ1n) is 8.25. The average Bonchev–Trinajstić information content (AvgIpc) is 3.06. The molecule has 0 aliphatic carbocycles. The SMILES string of the molecule is CCn1cc([C@H]2CS(=O)(=O)CCN2C(=O)Cc2cc(F)ccc2F)cn1. The summed E-state index contributed by atoms with van der Waals surface area (Å²) < 4.78 is 53.0. The molecule has 1 amide bonds. The Morgan fingerprint density at radius 1 is 1.35 bits per heavy atom. The molecule has 1 saturated heterocycles. The van der Waals surface area contributed by atoms with Crippen molar-refractivity contribution in [3.05, 3.63) is 53.4 Å². The fraction of sp³-hybridized carbons (Fsp3) is 0.412. The number of carbonyl (C=O) groups is 1. The van der Waals surface area contributed by atoms with Crippen LogP contribution in [0.2, 0.25) is 0 Å². The van der Waals surface area contributed by atoms with Gasteiger partial charge in [-0.3, -0.25) is 9.48 Å². The minimum absolute atomic E-state index is 0.0140. The molecule has 1 aliphatic rings. The van der Waals surface area contributed by atoms with Crippen molar-refractivity contribution in [2.75, 3.05) is 18.1 Å². The van der Waals surface area contributed by atoms with Crippen molar-refractivity contribution in [2.45, 2.75) is 25.9 Å². The van der Waals surface area contributed by atoms with Crippen molar-refractivity contribution >= 4 is 15.7 Å². The van der Waals surface area contributed by atoms with Crippen molar-refractivity contribution < 1.29 is 22.0 Å². The number of amides is 1. The highest BCUT2D eigenvalue weighted by atomic mass is 32.2. The van der Waals surface area contributed by atoms with Gasteiger partial charge in [-0.15, -0.1) is 0 Å². The highest BCUT2D eigenvalue weighted by Gasteiger charge is 2.35. The van der Waals surface area contributed by atoms with E-state index in [4.69, 9.17) is 0 Å². The van der Waals surface area contributed by atoms with Gasteiger partial charge in [-0.05, 0) is 25.1 Å². The Balaban J connectivity index is 1.87. The second-order valence-electron chi connectivity index (χ2n) is 6.26. The highest BCUT2D eigenvalue weighted by Crippen LogP contribution is 2.27. The third-order valence-electron chi connectivity index (χ3n) is 4.46. The van der Waals surface area contributed by atoms with Gasteiger partial charge in [0.1, 0.15) is 11.6 Å². The lowest BCUT2D eigenvalue weighted by Gasteiger charge is -2.35. The van der Waals surface area contributed by atoms with Crippen molar-refractivity contribution in [3.63, 3.8) is 0 Å². The fourth-order valence-electron chi connectivity index (χ4n) is 3.05. The molecule has 0 spiro atoms.